The maximum Gasteiger partial charge on any atom is 0.315 e. The first-order valence-corrected chi connectivity index (χ1v) is 7.27. The quantitative estimate of drug-likeness (QED) is 0.849. The third-order valence-corrected chi connectivity index (χ3v) is 4.28. The second kappa shape index (κ2) is 6.05. The van der Waals surface area contributed by atoms with Crippen LogP contribution in [0.1, 0.15) is 43.0 Å². The molecule has 3 nitrogen and oxygen atoms in total. The first kappa shape index (κ1) is 12.4. The standard InChI is InChI=1S/C13H20N2OS/c1-2-10-7-8-17-12(10)9-14-13(16)15-11-5-3-4-6-11/h7-8,11H,2-6,9H2,1H3,(H2,14,15,16). The van der Waals surface area contributed by atoms with Gasteiger partial charge in [-0.25, -0.2) is 4.79 Å². The molecule has 0 radical (unpaired) electrons. The molecule has 1 heterocycles. The van der Waals surface area contributed by atoms with Crippen molar-refractivity contribution in [2.24, 2.45) is 0 Å². The van der Waals surface area contributed by atoms with Crippen LogP contribution in [0.2, 0.25) is 0 Å². The van der Waals surface area contributed by atoms with E-state index in [1.54, 1.807) is 11.3 Å². The topological polar surface area (TPSA) is 41.1 Å². The third-order valence-electron chi connectivity index (χ3n) is 3.32. The second-order valence-corrected chi connectivity index (χ2v) is 5.53. The maximum absolute atomic E-state index is 11.7. The van der Waals surface area contributed by atoms with Crippen molar-refractivity contribution >= 4 is 17.4 Å². The van der Waals surface area contributed by atoms with Crippen molar-refractivity contribution in [3.8, 4) is 0 Å². The molecule has 1 aliphatic rings. The van der Waals surface area contributed by atoms with Crippen molar-refractivity contribution in [1.29, 1.82) is 0 Å². The summed E-state index contributed by atoms with van der Waals surface area (Å²) >= 11 is 1.72. The highest BCUT2D eigenvalue weighted by Crippen LogP contribution is 2.18. The van der Waals surface area contributed by atoms with Crippen LogP contribution >= 0.6 is 11.3 Å². The molecule has 1 aromatic heterocycles. The lowest BCUT2D eigenvalue weighted by Crippen LogP contribution is -2.40. The second-order valence-electron chi connectivity index (χ2n) is 4.53. The Morgan fingerprint density at radius 3 is 2.94 bits per heavy atom. The lowest BCUT2D eigenvalue weighted by molar-refractivity contribution is 0.237. The molecule has 2 rings (SSSR count). The molecule has 2 amide bonds. The third kappa shape index (κ3) is 3.46. The Balaban J connectivity index is 1.75. The highest BCUT2D eigenvalue weighted by atomic mass is 32.1. The Bertz CT molecular complexity index is 369. The molecule has 1 aliphatic carbocycles. The monoisotopic (exact) mass is 252 g/mol. The van der Waals surface area contributed by atoms with E-state index in [2.05, 4.69) is 29.0 Å². The van der Waals surface area contributed by atoms with Crippen molar-refractivity contribution in [3.05, 3.63) is 21.9 Å². The highest BCUT2D eigenvalue weighted by Gasteiger charge is 2.16. The number of hydrogen-bond donors (Lipinski definition) is 2. The Morgan fingerprint density at radius 2 is 2.24 bits per heavy atom. The summed E-state index contributed by atoms with van der Waals surface area (Å²) in [6.07, 6.45) is 5.79. The number of carbonyl (C=O) groups is 1. The normalized spacial score (nSPS) is 16.1. The lowest BCUT2D eigenvalue weighted by Gasteiger charge is -2.12. The van der Waals surface area contributed by atoms with Crippen LogP contribution in [0.4, 0.5) is 4.79 Å². The molecule has 0 atom stereocenters. The fraction of sp³-hybridized carbons (Fsp3) is 0.615. The van der Waals surface area contributed by atoms with Crippen LogP contribution in [0.3, 0.4) is 0 Å². The number of carbonyl (C=O) groups excluding carboxylic acids is 1. The van der Waals surface area contributed by atoms with Crippen LogP contribution in [0.15, 0.2) is 11.4 Å². The molecule has 0 spiro atoms. The van der Waals surface area contributed by atoms with Crippen LogP contribution in [-0.2, 0) is 13.0 Å². The van der Waals surface area contributed by atoms with Crippen LogP contribution in [0.5, 0.6) is 0 Å². The molecule has 1 aromatic rings. The lowest BCUT2D eigenvalue weighted by atomic mass is 10.2. The molecule has 94 valence electrons. The summed E-state index contributed by atoms with van der Waals surface area (Å²) in [5, 5.41) is 8.07. The minimum Gasteiger partial charge on any atom is -0.335 e. The van der Waals surface area contributed by atoms with Crippen LogP contribution in [0, 0.1) is 0 Å². The average Bonchev–Trinajstić information content (AvgIpc) is 2.96. The van der Waals surface area contributed by atoms with Gasteiger partial charge in [0.1, 0.15) is 0 Å². The predicted molar refractivity (Wildman–Crippen MR) is 71.3 cm³/mol. The van der Waals surface area contributed by atoms with E-state index in [1.807, 2.05) is 0 Å². The van der Waals surface area contributed by atoms with Gasteiger partial charge < -0.3 is 10.6 Å². The van der Waals surface area contributed by atoms with Gasteiger partial charge in [0.05, 0.1) is 6.54 Å². The Morgan fingerprint density at radius 1 is 1.47 bits per heavy atom. The number of thiophene rings is 1. The fourth-order valence-corrected chi connectivity index (χ4v) is 3.22. The molecule has 1 saturated carbocycles. The minimum absolute atomic E-state index is 0.0210. The van der Waals surface area contributed by atoms with Gasteiger partial charge in [-0.2, -0.15) is 0 Å². The van der Waals surface area contributed by atoms with Crippen LogP contribution in [-0.4, -0.2) is 12.1 Å². The van der Waals surface area contributed by atoms with Gasteiger partial charge >= 0.3 is 6.03 Å². The van der Waals surface area contributed by atoms with Gasteiger partial charge in [0.25, 0.3) is 0 Å². The van der Waals surface area contributed by atoms with E-state index >= 15 is 0 Å². The number of aryl methyl sites for hydroxylation is 1. The van der Waals surface area contributed by atoms with Crippen molar-refractivity contribution in [1.82, 2.24) is 10.6 Å². The molecule has 1 fully saturated rings. The summed E-state index contributed by atoms with van der Waals surface area (Å²) in [6, 6.07) is 2.51. The van der Waals surface area contributed by atoms with E-state index in [1.165, 1.54) is 23.3 Å². The van der Waals surface area contributed by atoms with E-state index in [9.17, 15) is 4.79 Å². The zero-order chi connectivity index (χ0) is 12.1. The zero-order valence-electron chi connectivity index (χ0n) is 10.3. The summed E-state index contributed by atoms with van der Waals surface area (Å²) in [6.45, 7) is 2.80. The van der Waals surface area contributed by atoms with E-state index < -0.39 is 0 Å². The van der Waals surface area contributed by atoms with Gasteiger partial charge in [-0.1, -0.05) is 19.8 Å². The molecule has 0 saturated heterocycles. The number of urea groups is 1. The van der Waals surface area contributed by atoms with Gasteiger partial charge in [-0.05, 0) is 36.3 Å². The molecule has 2 N–H and O–H groups in total. The Hall–Kier alpha value is -1.03. The Labute approximate surface area is 107 Å². The summed E-state index contributed by atoms with van der Waals surface area (Å²) in [5.41, 5.74) is 1.34. The molecular weight excluding hydrogens is 232 g/mol. The van der Waals surface area contributed by atoms with Crippen molar-refractivity contribution in [2.75, 3.05) is 0 Å². The molecule has 0 unspecified atom stereocenters. The molecule has 0 bridgehead atoms. The molecule has 0 aliphatic heterocycles. The van der Waals surface area contributed by atoms with E-state index in [4.69, 9.17) is 0 Å². The number of amides is 2. The summed E-state index contributed by atoms with van der Waals surface area (Å²) in [4.78, 5) is 12.9. The van der Waals surface area contributed by atoms with Crippen molar-refractivity contribution < 1.29 is 4.79 Å². The highest BCUT2D eigenvalue weighted by molar-refractivity contribution is 7.10. The first-order chi connectivity index (χ1) is 8.29. The van der Waals surface area contributed by atoms with Gasteiger partial charge in [0, 0.05) is 10.9 Å². The van der Waals surface area contributed by atoms with E-state index in [0.29, 0.717) is 12.6 Å². The van der Waals surface area contributed by atoms with E-state index in [-0.39, 0.29) is 6.03 Å². The summed E-state index contributed by atoms with van der Waals surface area (Å²) in [5.74, 6) is 0. The van der Waals surface area contributed by atoms with Gasteiger partial charge in [0.2, 0.25) is 0 Å². The van der Waals surface area contributed by atoms with Crippen molar-refractivity contribution in [2.45, 2.75) is 51.6 Å². The van der Waals surface area contributed by atoms with Gasteiger partial charge in [0.15, 0.2) is 0 Å². The van der Waals surface area contributed by atoms with Gasteiger partial charge in [-0.15, -0.1) is 11.3 Å². The first-order valence-electron chi connectivity index (χ1n) is 6.39. The van der Waals surface area contributed by atoms with Crippen molar-refractivity contribution in [3.63, 3.8) is 0 Å². The largest absolute Gasteiger partial charge is 0.335 e. The average molecular weight is 252 g/mol. The number of hydrogen-bond acceptors (Lipinski definition) is 2. The summed E-state index contributed by atoms with van der Waals surface area (Å²) in [7, 11) is 0. The number of nitrogens with one attached hydrogen (secondary N) is 2. The van der Waals surface area contributed by atoms with Gasteiger partial charge in [-0.3, -0.25) is 0 Å². The van der Waals surface area contributed by atoms with E-state index in [0.717, 1.165) is 19.3 Å². The molecule has 0 aromatic carbocycles. The molecular formula is C13H20N2OS. The van der Waals surface area contributed by atoms with Crippen LogP contribution in [0.25, 0.3) is 0 Å². The smallest absolute Gasteiger partial charge is 0.315 e. The maximum atomic E-state index is 11.7. The minimum atomic E-state index is -0.0210. The summed E-state index contributed by atoms with van der Waals surface area (Å²) < 4.78 is 0. The zero-order valence-corrected chi connectivity index (χ0v) is 11.1. The molecule has 4 heteroatoms. The SMILES string of the molecule is CCc1ccsc1CNC(=O)NC1CCCC1. The predicted octanol–water partition coefficient (Wildman–Crippen LogP) is 3.05. The Kier molecular flexibility index (Phi) is 4.42. The fourth-order valence-electron chi connectivity index (χ4n) is 2.30. The molecule has 17 heavy (non-hydrogen) atoms. The van der Waals surface area contributed by atoms with Crippen LogP contribution < -0.4 is 10.6 Å². The number of rotatable bonds is 4.